The van der Waals surface area contributed by atoms with Crippen LogP contribution in [-0.2, 0) is 26.3 Å². The molecule has 9 heteroatoms. The Kier molecular flexibility index (Phi) is 6.51. The summed E-state index contributed by atoms with van der Waals surface area (Å²) in [6, 6.07) is 9.62. The van der Waals surface area contributed by atoms with E-state index in [1.165, 1.54) is 14.1 Å². The molecular weight excluding hydrogens is 344 g/mol. The molecule has 0 radical (unpaired) electrons. The van der Waals surface area contributed by atoms with Crippen LogP contribution in [0.4, 0.5) is 0 Å². The second-order valence-electron chi connectivity index (χ2n) is 6.13. The van der Waals surface area contributed by atoms with E-state index in [1.54, 1.807) is 4.90 Å². The summed E-state index contributed by atoms with van der Waals surface area (Å²) in [6.45, 7) is 1.14. The monoisotopic (exact) mass is 368 g/mol. The van der Waals surface area contributed by atoms with Crippen molar-refractivity contribution in [2.24, 2.45) is 5.92 Å². The van der Waals surface area contributed by atoms with Gasteiger partial charge in [0, 0.05) is 46.7 Å². The van der Waals surface area contributed by atoms with Crippen molar-refractivity contribution in [1.82, 2.24) is 19.2 Å². The topological polar surface area (TPSA) is 98.8 Å². The van der Waals surface area contributed by atoms with Crippen molar-refractivity contribution in [2.75, 3.05) is 33.7 Å². The molecule has 1 aliphatic rings. The fourth-order valence-electron chi connectivity index (χ4n) is 2.54. The van der Waals surface area contributed by atoms with Gasteiger partial charge in [0.2, 0.25) is 11.8 Å². The quantitative estimate of drug-likeness (QED) is 0.607. The van der Waals surface area contributed by atoms with E-state index in [-0.39, 0.29) is 31.3 Å². The number of amides is 2. The van der Waals surface area contributed by atoms with Gasteiger partial charge in [-0.1, -0.05) is 30.3 Å². The molecular formula is C16H24N4O4S. The Morgan fingerprint density at radius 2 is 1.92 bits per heavy atom. The lowest BCUT2D eigenvalue weighted by Crippen LogP contribution is -2.41. The van der Waals surface area contributed by atoms with Crippen molar-refractivity contribution in [3.8, 4) is 0 Å². The Morgan fingerprint density at radius 1 is 1.24 bits per heavy atom. The molecule has 0 aromatic heterocycles. The van der Waals surface area contributed by atoms with Gasteiger partial charge >= 0.3 is 0 Å². The Morgan fingerprint density at radius 3 is 2.56 bits per heavy atom. The molecule has 1 aromatic rings. The lowest BCUT2D eigenvalue weighted by molar-refractivity contribution is -0.129. The average Bonchev–Trinajstić information content (AvgIpc) is 2.93. The number of carbonyl (C=O) groups excluding carboxylic acids is 2. The van der Waals surface area contributed by atoms with Gasteiger partial charge in [-0.3, -0.25) is 9.59 Å². The van der Waals surface area contributed by atoms with Gasteiger partial charge in [-0.05, 0) is 5.56 Å². The van der Waals surface area contributed by atoms with Crippen LogP contribution in [0.25, 0.3) is 0 Å². The number of nitrogens with zero attached hydrogens (tertiary/aromatic N) is 2. The summed E-state index contributed by atoms with van der Waals surface area (Å²) in [5, 5.41) is 2.68. The van der Waals surface area contributed by atoms with Crippen LogP contribution in [-0.4, -0.2) is 63.2 Å². The Hall–Kier alpha value is -1.97. The van der Waals surface area contributed by atoms with Crippen LogP contribution < -0.4 is 10.0 Å². The first-order valence-electron chi connectivity index (χ1n) is 8.06. The summed E-state index contributed by atoms with van der Waals surface area (Å²) in [5.41, 5.74) is 1.02. The van der Waals surface area contributed by atoms with Crippen LogP contribution in [0.2, 0.25) is 0 Å². The molecule has 0 aliphatic carbocycles. The fourth-order valence-corrected chi connectivity index (χ4v) is 3.16. The van der Waals surface area contributed by atoms with Crippen molar-refractivity contribution >= 4 is 22.0 Å². The molecule has 1 heterocycles. The van der Waals surface area contributed by atoms with Crippen molar-refractivity contribution in [2.45, 2.75) is 13.0 Å². The molecule has 1 unspecified atom stereocenters. The lowest BCUT2D eigenvalue weighted by Gasteiger charge is -2.17. The molecule has 0 spiro atoms. The van der Waals surface area contributed by atoms with Crippen molar-refractivity contribution in [3.63, 3.8) is 0 Å². The average molecular weight is 368 g/mol. The molecule has 0 bridgehead atoms. The number of carbonyl (C=O) groups is 2. The zero-order chi connectivity index (χ0) is 18.4. The first-order chi connectivity index (χ1) is 11.8. The SMILES string of the molecule is CN(C)S(=O)(=O)NCCNC(=O)C1CC(=O)N(Cc2ccccc2)C1. The Balaban J connectivity index is 1.77. The van der Waals surface area contributed by atoms with Crippen LogP contribution in [0.1, 0.15) is 12.0 Å². The summed E-state index contributed by atoms with van der Waals surface area (Å²) >= 11 is 0. The van der Waals surface area contributed by atoms with E-state index in [0.717, 1.165) is 9.87 Å². The van der Waals surface area contributed by atoms with Gasteiger partial charge < -0.3 is 10.2 Å². The van der Waals surface area contributed by atoms with Gasteiger partial charge in [-0.15, -0.1) is 0 Å². The maximum atomic E-state index is 12.2. The summed E-state index contributed by atoms with van der Waals surface area (Å²) < 4.78 is 26.5. The highest BCUT2D eigenvalue weighted by molar-refractivity contribution is 7.87. The number of rotatable bonds is 8. The van der Waals surface area contributed by atoms with Gasteiger partial charge in [0.1, 0.15) is 0 Å². The summed E-state index contributed by atoms with van der Waals surface area (Å²) in [7, 11) is -0.652. The number of hydrogen-bond donors (Lipinski definition) is 2. The highest BCUT2D eigenvalue weighted by atomic mass is 32.2. The van der Waals surface area contributed by atoms with Crippen LogP contribution >= 0.6 is 0 Å². The molecule has 138 valence electrons. The molecule has 25 heavy (non-hydrogen) atoms. The minimum Gasteiger partial charge on any atom is -0.354 e. The number of benzene rings is 1. The van der Waals surface area contributed by atoms with E-state index >= 15 is 0 Å². The number of nitrogens with one attached hydrogen (secondary N) is 2. The van der Waals surface area contributed by atoms with Crippen LogP contribution in [0.3, 0.4) is 0 Å². The first-order valence-corrected chi connectivity index (χ1v) is 9.50. The summed E-state index contributed by atoms with van der Waals surface area (Å²) in [4.78, 5) is 25.9. The maximum absolute atomic E-state index is 12.2. The molecule has 8 nitrogen and oxygen atoms in total. The zero-order valence-electron chi connectivity index (χ0n) is 14.4. The first kappa shape index (κ1) is 19.4. The smallest absolute Gasteiger partial charge is 0.278 e. The molecule has 1 atom stereocenters. The van der Waals surface area contributed by atoms with E-state index in [9.17, 15) is 18.0 Å². The van der Waals surface area contributed by atoms with Gasteiger partial charge in [0.15, 0.2) is 0 Å². The highest BCUT2D eigenvalue weighted by Gasteiger charge is 2.34. The maximum Gasteiger partial charge on any atom is 0.278 e. The minimum absolute atomic E-state index is 0.0442. The predicted molar refractivity (Wildman–Crippen MR) is 93.6 cm³/mol. The number of likely N-dealkylation sites (tertiary alicyclic amines) is 1. The predicted octanol–water partition coefficient (Wildman–Crippen LogP) is -0.453. The third kappa shape index (κ3) is 5.52. The van der Waals surface area contributed by atoms with Gasteiger partial charge in [0.05, 0.1) is 5.92 Å². The third-order valence-corrected chi connectivity index (χ3v) is 5.52. The highest BCUT2D eigenvalue weighted by Crippen LogP contribution is 2.20. The number of hydrogen-bond acceptors (Lipinski definition) is 4. The van der Waals surface area contributed by atoms with E-state index in [0.29, 0.717) is 13.1 Å². The van der Waals surface area contributed by atoms with Gasteiger partial charge in [0.25, 0.3) is 10.2 Å². The molecule has 1 aromatic carbocycles. The molecule has 0 saturated carbocycles. The molecule has 1 saturated heterocycles. The van der Waals surface area contributed by atoms with E-state index in [2.05, 4.69) is 10.0 Å². The van der Waals surface area contributed by atoms with Gasteiger partial charge in [-0.25, -0.2) is 4.72 Å². The van der Waals surface area contributed by atoms with E-state index in [1.807, 2.05) is 30.3 Å². The molecule has 2 rings (SSSR count). The van der Waals surface area contributed by atoms with Crippen molar-refractivity contribution in [1.29, 1.82) is 0 Å². The lowest BCUT2D eigenvalue weighted by atomic mass is 10.1. The van der Waals surface area contributed by atoms with Crippen LogP contribution in [0, 0.1) is 5.92 Å². The van der Waals surface area contributed by atoms with Crippen molar-refractivity contribution < 1.29 is 18.0 Å². The summed E-state index contributed by atoms with van der Waals surface area (Å²) in [6.07, 6.45) is 0.183. The fraction of sp³-hybridized carbons (Fsp3) is 0.500. The standard InChI is InChI=1S/C16H24N4O4S/c1-19(2)25(23,24)18-9-8-17-16(22)14-10-15(21)20(12-14)11-13-6-4-3-5-7-13/h3-7,14,18H,8-12H2,1-2H3,(H,17,22). The second kappa shape index (κ2) is 8.41. The molecule has 1 fully saturated rings. The van der Waals surface area contributed by atoms with Crippen LogP contribution in [0.5, 0.6) is 0 Å². The largest absolute Gasteiger partial charge is 0.354 e. The normalized spacial score (nSPS) is 18.0. The summed E-state index contributed by atoms with van der Waals surface area (Å²) in [5.74, 6) is -0.674. The van der Waals surface area contributed by atoms with E-state index < -0.39 is 16.1 Å². The molecule has 1 aliphatic heterocycles. The van der Waals surface area contributed by atoms with Crippen molar-refractivity contribution in [3.05, 3.63) is 35.9 Å². The Labute approximate surface area is 148 Å². The van der Waals surface area contributed by atoms with Gasteiger partial charge in [-0.2, -0.15) is 12.7 Å². The molecule has 2 amide bonds. The van der Waals surface area contributed by atoms with Crippen LogP contribution in [0.15, 0.2) is 30.3 Å². The second-order valence-corrected chi connectivity index (χ2v) is 8.10. The molecule has 2 N–H and O–H groups in total. The zero-order valence-corrected chi connectivity index (χ0v) is 15.3. The third-order valence-electron chi connectivity index (χ3n) is 3.99. The van der Waals surface area contributed by atoms with E-state index in [4.69, 9.17) is 0 Å². The Bertz CT molecular complexity index is 706. The minimum atomic E-state index is -3.50.